The first kappa shape index (κ1) is 20.9. The van der Waals surface area contributed by atoms with Crippen LogP contribution in [0.1, 0.15) is 80.1 Å². The Morgan fingerprint density at radius 3 is 1.63 bits per heavy atom. The summed E-state index contributed by atoms with van der Waals surface area (Å²) in [7, 11) is 0. The summed E-state index contributed by atoms with van der Waals surface area (Å²) < 4.78 is 0. The predicted molar refractivity (Wildman–Crippen MR) is 84.3 cm³/mol. The molecule has 0 bridgehead atoms. The van der Waals surface area contributed by atoms with Gasteiger partial charge in [-0.1, -0.05) is 60.3 Å². The summed E-state index contributed by atoms with van der Waals surface area (Å²) in [5, 5.41) is 8.24. The van der Waals surface area contributed by atoms with Gasteiger partial charge in [0.2, 0.25) is 0 Å². The molecule has 0 aromatic rings. The molecule has 0 heterocycles. The average molecular weight is 272 g/mol. The average Bonchev–Trinajstić information content (AvgIpc) is 2.68. The van der Waals surface area contributed by atoms with Gasteiger partial charge in [0, 0.05) is 13.0 Å². The summed E-state index contributed by atoms with van der Waals surface area (Å²) in [6.45, 7) is 12.6. The van der Waals surface area contributed by atoms with E-state index in [2.05, 4.69) is 20.8 Å². The van der Waals surface area contributed by atoms with Gasteiger partial charge in [-0.15, -0.1) is 0 Å². The first-order valence-corrected chi connectivity index (χ1v) is 7.89. The van der Waals surface area contributed by atoms with Crippen LogP contribution in [0.3, 0.4) is 0 Å². The number of Topliss-reactive ketones (excluding diaryl/α,β-unsaturated/α-hetero) is 1. The molecule has 0 atom stereocenters. The Morgan fingerprint density at radius 1 is 1.11 bits per heavy atom. The highest BCUT2D eigenvalue weighted by Gasteiger charge is 2.07. The Labute approximate surface area is 121 Å². The summed E-state index contributed by atoms with van der Waals surface area (Å²) in [5.41, 5.74) is 0. The highest BCUT2D eigenvalue weighted by molar-refractivity contribution is 5.75. The lowest BCUT2D eigenvalue weighted by molar-refractivity contribution is -0.117. The number of carbonyl (C=O) groups excluding carboxylic acids is 1. The minimum Gasteiger partial charge on any atom is -0.396 e. The Morgan fingerprint density at radius 2 is 1.58 bits per heavy atom. The third-order valence-electron chi connectivity index (χ3n) is 3.05. The zero-order chi connectivity index (χ0) is 15.3. The molecule has 1 rings (SSSR count). The number of aliphatic hydroxyl groups excluding tert-OH is 1. The molecule has 2 heteroatoms. The maximum atomic E-state index is 10.3. The van der Waals surface area contributed by atoms with Gasteiger partial charge in [-0.05, 0) is 31.1 Å². The molecule has 0 unspecified atom stereocenters. The molecular formula is C17H36O2. The Bertz CT molecular complexity index is 191. The molecular weight excluding hydrogens is 236 g/mol. The van der Waals surface area contributed by atoms with Crippen molar-refractivity contribution < 1.29 is 9.90 Å². The number of rotatable bonds is 4. The second-order valence-electron chi connectivity index (χ2n) is 6.60. The zero-order valence-electron chi connectivity index (χ0n) is 14.0. The van der Waals surface area contributed by atoms with Crippen molar-refractivity contribution in [1.82, 2.24) is 0 Å². The van der Waals surface area contributed by atoms with Crippen molar-refractivity contribution in [2.45, 2.75) is 80.1 Å². The van der Waals surface area contributed by atoms with Gasteiger partial charge >= 0.3 is 0 Å². The fourth-order valence-corrected chi connectivity index (χ4v) is 1.96. The van der Waals surface area contributed by atoms with Gasteiger partial charge in [-0.2, -0.15) is 0 Å². The molecule has 1 aliphatic carbocycles. The van der Waals surface area contributed by atoms with E-state index in [-0.39, 0.29) is 5.78 Å². The van der Waals surface area contributed by atoms with Crippen LogP contribution in [0, 0.1) is 17.8 Å². The lowest BCUT2D eigenvalue weighted by atomic mass is 10.1. The first-order chi connectivity index (χ1) is 8.79. The van der Waals surface area contributed by atoms with Crippen LogP contribution >= 0.6 is 0 Å². The second kappa shape index (κ2) is 14.0. The Balaban J connectivity index is 0. The minimum absolute atomic E-state index is 0.287. The number of hydrogen-bond donors (Lipinski definition) is 1. The zero-order valence-corrected chi connectivity index (χ0v) is 14.0. The van der Waals surface area contributed by atoms with Crippen LogP contribution in [-0.4, -0.2) is 17.5 Å². The van der Waals surface area contributed by atoms with Crippen molar-refractivity contribution in [3.8, 4) is 0 Å². The van der Waals surface area contributed by atoms with Crippen LogP contribution < -0.4 is 0 Å². The van der Waals surface area contributed by atoms with Gasteiger partial charge < -0.3 is 9.90 Å². The highest BCUT2D eigenvalue weighted by atomic mass is 16.3. The van der Waals surface area contributed by atoms with Crippen LogP contribution in [0.4, 0.5) is 0 Å². The third kappa shape index (κ3) is 23.2. The van der Waals surface area contributed by atoms with E-state index in [9.17, 15) is 4.79 Å². The number of ketones is 1. The van der Waals surface area contributed by atoms with Crippen molar-refractivity contribution in [2.24, 2.45) is 17.8 Å². The molecule has 1 fully saturated rings. The Kier molecular flexibility index (Phi) is 15.5. The fourth-order valence-electron chi connectivity index (χ4n) is 1.96. The molecule has 0 radical (unpaired) electrons. The maximum absolute atomic E-state index is 10.3. The highest BCUT2D eigenvalue weighted by Crippen LogP contribution is 2.22. The smallest absolute Gasteiger partial charge is 0.130 e. The lowest BCUT2D eigenvalue weighted by Crippen LogP contribution is -1.95. The van der Waals surface area contributed by atoms with E-state index in [0.717, 1.165) is 18.8 Å². The van der Waals surface area contributed by atoms with Crippen LogP contribution in [0.25, 0.3) is 0 Å². The van der Waals surface area contributed by atoms with E-state index in [1.165, 1.54) is 25.7 Å². The van der Waals surface area contributed by atoms with Crippen LogP contribution in [0.5, 0.6) is 0 Å². The monoisotopic (exact) mass is 272 g/mol. The summed E-state index contributed by atoms with van der Waals surface area (Å²) >= 11 is 0. The van der Waals surface area contributed by atoms with Gasteiger partial charge in [0.1, 0.15) is 5.78 Å². The Hall–Kier alpha value is -0.370. The molecule has 19 heavy (non-hydrogen) atoms. The summed E-state index contributed by atoms with van der Waals surface area (Å²) in [6.07, 6.45) is 7.60. The van der Waals surface area contributed by atoms with Crippen molar-refractivity contribution in [3.05, 3.63) is 0 Å². The molecule has 1 N–H and O–H groups in total. The molecule has 0 aromatic heterocycles. The van der Waals surface area contributed by atoms with Gasteiger partial charge in [-0.3, -0.25) is 0 Å². The summed E-state index contributed by atoms with van der Waals surface area (Å²) in [4.78, 5) is 10.3. The molecule has 0 amide bonds. The van der Waals surface area contributed by atoms with E-state index in [1.54, 1.807) is 6.92 Å². The summed E-state index contributed by atoms with van der Waals surface area (Å²) in [5.74, 6) is 2.51. The predicted octanol–water partition coefficient (Wildman–Crippen LogP) is 4.84. The number of hydrogen-bond acceptors (Lipinski definition) is 2. The summed E-state index contributed by atoms with van der Waals surface area (Å²) in [6, 6.07) is 0. The van der Waals surface area contributed by atoms with Crippen molar-refractivity contribution in [3.63, 3.8) is 0 Å². The molecule has 0 spiro atoms. The van der Waals surface area contributed by atoms with E-state index < -0.39 is 0 Å². The normalized spacial score (nSPS) is 14.8. The molecule has 0 aliphatic heterocycles. The van der Waals surface area contributed by atoms with Crippen LogP contribution in [0.15, 0.2) is 0 Å². The fraction of sp³-hybridized carbons (Fsp3) is 0.941. The number of aliphatic hydroxyl groups is 1. The maximum Gasteiger partial charge on any atom is 0.130 e. The molecule has 1 aliphatic rings. The van der Waals surface area contributed by atoms with Gasteiger partial charge in [0.15, 0.2) is 0 Å². The van der Waals surface area contributed by atoms with Crippen LogP contribution in [-0.2, 0) is 4.79 Å². The molecule has 116 valence electrons. The molecule has 0 aromatic carbocycles. The largest absolute Gasteiger partial charge is 0.396 e. The van der Waals surface area contributed by atoms with Crippen molar-refractivity contribution >= 4 is 5.78 Å². The SMILES string of the molecule is CC(=O)CC(C)C.CC(C)CCO.CC1CCCC1. The molecule has 2 nitrogen and oxygen atoms in total. The van der Waals surface area contributed by atoms with E-state index in [1.807, 2.05) is 13.8 Å². The van der Waals surface area contributed by atoms with Gasteiger partial charge in [0.05, 0.1) is 0 Å². The molecule has 0 saturated heterocycles. The lowest BCUT2D eigenvalue weighted by Gasteiger charge is -1.95. The van der Waals surface area contributed by atoms with Crippen LogP contribution in [0.2, 0.25) is 0 Å². The molecule has 1 saturated carbocycles. The van der Waals surface area contributed by atoms with E-state index >= 15 is 0 Å². The standard InChI is InChI=1S/C6H12O.C6H12.C5H12O/c1-5(2)4-6(3)7;1-6-4-2-3-5-6;1-5(2)3-4-6/h5H,4H2,1-3H3;6H,2-5H2,1H3;5-6H,3-4H2,1-2H3. The second-order valence-corrected chi connectivity index (χ2v) is 6.60. The topological polar surface area (TPSA) is 37.3 Å². The first-order valence-electron chi connectivity index (χ1n) is 7.89. The van der Waals surface area contributed by atoms with E-state index in [0.29, 0.717) is 18.4 Å². The quantitative estimate of drug-likeness (QED) is 0.795. The number of carbonyl (C=O) groups is 1. The van der Waals surface area contributed by atoms with Gasteiger partial charge in [-0.25, -0.2) is 0 Å². The van der Waals surface area contributed by atoms with Gasteiger partial charge in [0.25, 0.3) is 0 Å². The van der Waals surface area contributed by atoms with E-state index in [4.69, 9.17) is 5.11 Å². The van der Waals surface area contributed by atoms with Crippen molar-refractivity contribution in [2.75, 3.05) is 6.61 Å². The third-order valence-corrected chi connectivity index (χ3v) is 3.05. The minimum atomic E-state index is 0.287. The van der Waals surface area contributed by atoms with Crippen molar-refractivity contribution in [1.29, 1.82) is 0 Å².